The third-order valence-corrected chi connectivity index (χ3v) is 6.11. The Balaban J connectivity index is 3.71. The van der Waals surface area contributed by atoms with E-state index in [0.717, 1.165) is 0 Å². The van der Waals surface area contributed by atoms with Gasteiger partial charge in [-0.15, -0.1) is 0 Å². The minimum Gasteiger partial charge on any atom is -0.478 e. The lowest BCUT2D eigenvalue weighted by Crippen LogP contribution is -2.39. The van der Waals surface area contributed by atoms with Crippen LogP contribution in [0.4, 0.5) is 5.69 Å². The summed E-state index contributed by atoms with van der Waals surface area (Å²) < 4.78 is 11.3. The second-order valence-electron chi connectivity index (χ2n) is 4.16. The standard InChI is InChI=1S/C12H12I3NO6/c1-12(21-2,22-3)16-9-7(14)4(10(17)18)6(13)5(8(9)15)11(19)20/h16H,1-3H3,(H,17,18)(H,19,20). The zero-order valence-corrected chi connectivity index (χ0v) is 18.1. The molecule has 1 aromatic rings. The zero-order chi connectivity index (χ0) is 17.2. The van der Waals surface area contributed by atoms with E-state index < -0.39 is 17.8 Å². The van der Waals surface area contributed by atoms with Gasteiger partial charge in [-0.25, -0.2) is 9.59 Å². The Bertz CT molecular complexity index is 589. The topological polar surface area (TPSA) is 105 Å². The van der Waals surface area contributed by atoms with Crippen LogP contribution in [-0.2, 0) is 9.47 Å². The van der Waals surface area contributed by atoms with E-state index in [9.17, 15) is 19.8 Å². The molecule has 0 amide bonds. The van der Waals surface area contributed by atoms with Crippen molar-refractivity contribution < 1.29 is 29.3 Å². The van der Waals surface area contributed by atoms with E-state index in [4.69, 9.17) is 9.47 Å². The minimum atomic E-state index is -1.22. The highest BCUT2D eigenvalue weighted by Crippen LogP contribution is 2.37. The molecule has 22 heavy (non-hydrogen) atoms. The van der Waals surface area contributed by atoms with Crippen LogP contribution in [-0.4, -0.2) is 42.3 Å². The highest BCUT2D eigenvalue weighted by atomic mass is 127. The fourth-order valence-electron chi connectivity index (χ4n) is 1.56. The third kappa shape index (κ3) is 3.93. The number of halogens is 3. The molecule has 0 radical (unpaired) electrons. The summed E-state index contributed by atoms with van der Waals surface area (Å²) >= 11 is 5.46. The number of nitrogens with one attached hydrogen (secondary N) is 1. The molecule has 0 fully saturated rings. The molecule has 0 aromatic heterocycles. The predicted octanol–water partition coefficient (Wildman–Crippen LogP) is 3.28. The molecule has 0 heterocycles. The Hall–Kier alpha value is 0.0700. The number of anilines is 1. The minimum absolute atomic E-state index is 0.0731. The summed E-state index contributed by atoms with van der Waals surface area (Å²) in [5, 5.41) is 21.7. The molecule has 0 bridgehead atoms. The Morgan fingerprint density at radius 3 is 1.59 bits per heavy atom. The van der Waals surface area contributed by atoms with E-state index in [2.05, 4.69) is 5.32 Å². The van der Waals surface area contributed by atoms with Gasteiger partial charge in [0.05, 0.1) is 24.0 Å². The molecule has 0 saturated carbocycles. The molecule has 122 valence electrons. The first-order valence-electron chi connectivity index (χ1n) is 5.65. The largest absolute Gasteiger partial charge is 0.478 e. The molecule has 3 N–H and O–H groups in total. The number of benzene rings is 1. The van der Waals surface area contributed by atoms with E-state index in [1.54, 1.807) is 29.5 Å². The number of hydrogen-bond donors (Lipinski definition) is 3. The molecule has 0 aliphatic heterocycles. The van der Waals surface area contributed by atoms with Crippen LogP contribution < -0.4 is 5.32 Å². The van der Waals surface area contributed by atoms with Crippen molar-refractivity contribution in [2.45, 2.75) is 12.8 Å². The highest BCUT2D eigenvalue weighted by molar-refractivity contribution is 14.1. The maximum Gasteiger partial charge on any atom is 0.337 e. The predicted molar refractivity (Wildman–Crippen MR) is 105 cm³/mol. The average Bonchev–Trinajstić information content (AvgIpc) is 2.42. The maximum atomic E-state index is 11.5. The number of rotatable bonds is 6. The van der Waals surface area contributed by atoms with Crippen molar-refractivity contribution in [1.29, 1.82) is 0 Å². The summed E-state index contributed by atoms with van der Waals surface area (Å²) in [6.07, 6.45) is 0. The van der Waals surface area contributed by atoms with Gasteiger partial charge in [-0.3, -0.25) is 0 Å². The Labute approximate surface area is 167 Å². The quantitative estimate of drug-likeness (QED) is 0.322. The van der Waals surface area contributed by atoms with E-state index in [0.29, 0.717) is 12.8 Å². The van der Waals surface area contributed by atoms with Crippen LogP contribution in [0.3, 0.4) is 0 Å². The normalized spacial score (nSPS) is 11.4. The van der Waals surface area contributed by atoms with Crippen LogP contribution in [0.15, 0.2) is 0 Å². The summed E-state index contributed by atoms with van der Waals surface area (Å²) in [6.45, 7) is 1.60. The van der Waals surface area contributed by atoms with Crippen LogP contribution >= 0.6 is 67.8 Å². The summed E-state index contributed by atoms with van der Waals surface area (Å²) in [5.41, 5.74) is 0.190. The zero-order valence-electron chi connectivity index (χ0n) is 11.7. The molecule has 10 heteroatoms. The number of methoxy groups -OCH3 is 2. The summed E-state index contributed by atoms with van der Waals surface area (Å²) in [7, 11) is 2.83. The van der Waals surface area contributed by atoms with Crippen LogP contribution in [0.5, 0.6) is 0 Å². The number of carboxylic acids is 2. The van der Waals surface area contributed by atoms with Crippen molar-refractivity contribution >= 4 is 85.4 Å². The van der Waals surface area contributed by atoms with Crippen LogP contribution in [0.25, 0.3) is 0 Å². The van der Waals surface area contributed by atoms with Gasteiger partial charge in [0.15, 0.2) is 0 Å². The van der Waals surface area contributed by atoms with Crippen molar-refractivity contribution in [2.24, 2.45) is 0 Å². The highest BCUT2D eigenvalue weighted by Gasteiger charge is 2.31. The first kappa shape index (κ1) is 20.1. The third-order valence-electron chi connectivity index (χ3n) is 2.88. The maximum absolute atomic E-state index is 11.5. The van der Waals surface area contributed by atoms with Crippen LogP contribution in [0, 0.1) is 10.7 Å². The van der Waals surface area contributed by atoms with Gasteiger partial charge >= 0.3 is 11.9 Å². The molecule has 1 aromatic carbocycles. The van der Waals surface area contributed by atoms with Crippen molar-refractivity contribution in [2.75, 3.05) is 19.5 Å². The fraction of sp³-hybridized carbons (Fsp3) is 0.333. The Kier molecular flexibility index (Phi) is 7.10. The number of ether oxygens (including phenoxy) is 2. The van der Waals surface area contributed by atoms with E-state index in [1.165, 1.54) is 14.2 Å². The van der Waals surface area contributed by atoms with Crippen molar-refractivity contribution in [3.05, 3.63) is 21.8 Å². The number of aromatic carboxylic acids is 2. The molecule has 0 atom stereocenters. The average molecular weight is 647 g/mol. The van der Waals surface area contributed by atoms with Gasteiger partial charge in [0, 0.05) is 24.7 Å². The van der Waals surface area contributed by atoms with Crippen molar-refractivity contribution in [3.8, 4) is 0 Å². The second-order valence-corrected chi connectivity index (χ2v) is 7.39. The van der Waals surface area contributed by atoms with Crippen LogP contribution in [0.2, 0.25) is 0 Å². The van der Waals surface area contributed by atoms with Gasteiger partial charge in [-0.1, -0.05) is 0 Å². The fourth-order valence-corrected chi connectivity index (χ4v) is 5.92. The van der Waals surface area contributed by atoms with Gasteiger partial charge in [0.2, 0.25) is 5.91 Å². The molecule has 7 nitrogen and oxygen atoms in total. The number of carboxylic acid groups (broad SMARTS) is 2. The van der Waals surface area contributed by atoms with Crippen LogP contribution in [0.1, 0.15) is 27.6 Å². The lowest BCUT2D eigenvalue weighted by atomic mass is 10.1. The molecule has 1 rings (SSSR count). The molecule has 0 aliphatic rings. The molecular weight excluding hydrogens is 635 g/mol. The van der Waals surface area contributed by atoms with Gasteiger partial charge in [0.1, 0.15) is 0 Å². The summed E-state index contributed by atoms with van der Waals surface area (Å²) in [4.78, 5) is 23.0. The summed E-state index contributed by atoms with van der Waals surface area (Å²) in [5.74, 6) is -3.63. The first-order valence-corrected chi connectivity index (χ1v) is 8.88. The second kappa shape index (κ2) is 7.76. The summed E-state index contributed by atoms with van der Waals surface area (Å²) in [6, 6.07) is 0. The number of hydrogen-bond acceptors (Lipinski definition) is 5. The molecule has 0 spiro atoms. The van der Waals surface area contributed by atoms with Gasteiger partial charge in [-0.2, -0.15) is 0 Å². The van der Waals surface area contributed by atoms with Gasteiger partial charge in [0.25, 0.3) is 0 Å². The monoisotopic (exact) mass is 647 g/mol. The van der Waals surface area contributed by atoms with E-state index in [1.807, 2.05) is 45.2 Å². The smallest absolute Gasteiger partial charge is 0.337 e. The van der Waals surface area contributed by atoms with E-state index in [-0.39, 0.29) is 14.7 Å². The SMILES string of the molecule is COC(C)(Nc1c(I)c(C(=O)O)c(I)c(C(=O)O)c1I)OC. The molecular formula is C12H12I3NO6. The molecule has 0 unspecified atom stereocenters. The van der Waals surface area contributed by atoms with Gasteiger partial charge < -0.3 is 25.0 Å². The lowest BCUT2D eigenvalue weighted by Gasteiger charge is -2.30. The van der Waals surface area contributed by atoms with Gasteiger partial charge in [-0.05, 0) is 67.8 Å². The Morgan fingerprint density at radius 1 is 0.955 bits per heavy atom. The molecule has 0 saturated heterocycles. The lowest BCUT2D eigenvalue weighted by molar-refractivity contribution is -0.171. The van der Waals surface area contributed by atoms with E-state index >= 15 is 0 Å². The molecule has 0 aliphatic carbocycles. The first-order chi connectivity index (χ1) is 10.1. The van der Waals surface area contributed by atoms with Crippen molar-refractivity contribution in [3.63, 3.8) is 0 Å². The Morgan fingerprint density at radius 2 is 1.32 bits per heavy atom. The number of carbonyl (C=O) groups is 2. The van der Waals surface area contributed by atoms with Crippen molar-refractivity contribution in [1.82, 2.24) is 0 Å².